The van der Waals surface area contributed by atoms with Crippen molar-refractivity contribution >= 4 is 12.0 Å². The van der Waals surface area contributed by atoms with E-state index in [-0.39, 0.29) is 5.78 Å². The van der Waals surface area contributed by atoms with Crippen molar-refractivity contribution in [3.8, 4) is 0 Å². The SMILES string of the molecule is O=C1CC=Nn2cccc21. The van der Waals surface area contributed by atoms with Gasteiger partial charge in [0, 0.05) is 18.8 Å². The van der Waals surface area contributed by atoms with Crippen LogP contribution >= 0.6 is 0 Å². The van der Waals surface area contributed by atoms with Gasteiger partial charge in [0.1, 0.15) is 5.69 Å². The van der Waals surface area contributed by atoms with E-state index in [0.717, 1.165) is 0 Å². The van der Waals surface area contributed by atoms with Crippen molar-refractivity contribution in [2.45, 2.75) is 6.42 Å². The van der Waals surface area contributed by atoms with E-state index in [0.29, 0.717) is 12.1 Å². The molecule has 3 nitrogen and oxygen atoms in total. The zero-order valence-electron chi connectivity index (χ0n) is 5.32. The summed E-state index contributed by atoms with van der Waals surface area (Å²) in [6.45, 7) is 0. The molecule has 0 unspecified atom stereocenters. The lowest BCUT2D eigenvalue weighted by atomic mass is 10.2. The van der Waals surface area contributed by atoms with Crippen LogP contribution in [0.2, 0.25) is 0 Å². The van der Waals surface area contributed by atoms with E-state index in [2.05, 4.69) is 5.10 Å². The number of hydrogen-bond donors (Lipinski definition) is 0. The van der Waals surface area contributed by atoms with Crippen molar-refractivity contribution in [2.24, 2.45) is 5.10 Å². The van der Waals surface area contributed by atoms with Gasteiger partial charge < -0.3 is 0 Å². The molecule has 0 spiro atoms. The first-order chi connectivity index (χ1) is 4.88. The number of carbonyl (C=O) groups excluding carboxylic acids is 1. The molecule has 2 rings (SSSR count). The minimum Gasteiger partial charge on any atom is -0.292 e. The molecule has 1 aliphatic heterocycles. The van der Waals surface area contributed by atoms with Gasteiger partial charge in [0.15, 0.2) is 5.78 Å². The highest BCUT2D eigenvalue weighted by atomic mass is 16.1. The Hall–Kier alpha value is -1.38. The Balaban J connectivity index is 2.62. The van der Waals surface area contributed by atoms with Crippen molar-refractivity contribution in [1.29, 1.82) is 0 Å². The molecule has 10 heavy (non-hydrogen) atoms. The summed E-state index contributed by atoms with van der Waals surface area (Å²) in [5.41, 5.74) is 0.683. The first-order valence-electron chi connectivity index (χ1n) is 3.11. The molecule has 0 aromatic carbocycles. The molecular weight excluding hydrogens is 128 g/mol. The third kappa shape index (κ3) is 0.603. The molecule has 2 heterocycles. The molecule has 0 bridgehead atoms. The van der Waals surface area contributed by atoms with Gasteiger partial charge >= 0.3 is 0 Å². The van der Waals surface area contributed by atoms with Crippen molar-refractivity contribution in [3.63, 3.8) is 0 Å². The van der Waals surface area contributed by atoms with E-state index >= 15 is 0 Å². The molecule has 0 radical (unpaired) electrons. The summed E-state index contributed by atoms with van der Waals surface area (Å²) in [7, 11) is 0. The van der Waals surface area contributed by atoms with Gasteiger partial charge in [0.25, 0.3) is 0 Å². The Kier molecular flexibility index (Phi) is 0.974. The number of aromatic nitrogens is 1. The van der Waals surface area contributed by atoms with Crippen molar-refractivity contribution < 1.29 is 4.79 Å². The van der Waals surface area contributed by atoms with Gasteiger partial charge in [-0.1, -0.05) is 0 Å². The average Bonchev–Trinajstić information content (AvgIpc) is 2.36. The Bertz CT molecular complexity index is 298. The van der Waals surface area contributed by atoms with E-state index < -0.39 is 0 Å². The molecular formula is C7H6N2O. The molecule has 0 fully saturated rings. The fourth-order valence-corrected chi connectivity index (χ4v) is 1.01. The van der Waals surface area contributed by atoms with Crippen LogP contribution in [0.15, 0.2) is 23.4 Å². The summed E-state index contributed by atoms with van der Waals surface area (Å²) in [6.07, 6.45) is 3.82. The van der Waals surface area contributed by atoms with E-state index in [4.69, 9.17) is 0 Å². The van der Waals surface area contributed by atoms with Crippen LogP contribution in [0.25, 0.3) is 0 Å². The average molecular weight is 134 g/mol. The largest absolute Gasteiger partial charge is 0.292 e. The van der Waals surface area contributed by atoms with Gasteiger partial charge in [-0.15, -0.1) is 0 Å². The summed E-state index contributed by atoms with van der Waals surface area (Å²) < 4.78 is 1.59. The molecule has 0 N–H and O–H groups in total. The van der Waals surface area contributed by atoms with Crippen molar-refractivity contribution in [2.75, 3.05) is 0 Å². The van der Waals surface area contributed by atoms with E-state index in [1.165, 1.54) is 0 Å². The lowest BCUT2D eigenvalue weighted by Gasteiger charge is -2.04. The lowest BCUT2D eigenvalue weighted by Crippen LogP contribution is -2.10. The van der Waals surface area contributed by atoms with Crippen LogP contribution in [0.4, 0.5) is 0 Å². The fraction of sp³-hybridized carbons (Fsp3) is 0.143. The van der Waals surface area contributed by atoms with Crippen LogP contribution in [0.5, 0.6) is 0 Å². The Morgan fingerprint density at radius 2 is 2.50 bits per heavy atom. The van der Waals surface area contributed by atoms with E-state index in [1.54, 1.807) is 23.2 Å². The molecule has 0 aliphatic carbocycles. The van der Waals surface area contributed by atoms with E-state index in [9.17, 15) is 4.79 Å². The van der Waals surface area contributed by atoms with Crippen molar-refractivity contribution in [1.82, 2.24) is 4.68 Å². The molecule has 1 aromatic rings. The maximum atomic E-state index is 11.0. The van der Waals surface area contributed by atoms with Gasteiger partial charge in [-0.3, -0.25) is 4.79 Å². The Labute approximate surface area is 58.0 Å². The fourth-order valence-electron chi connectivity index (χ4n) is 1.01. The molecule has 1 aliphatic rings. The van der Waals surface area contributed by atoms with Gasteiger partial charge in [0.05, 0.1) is 0 Å². The number of Topliss-reactive ketones (excluding diaryl/α,β-unsaturated/α-hetero) is 1. The summed E-state index contributed by atoms with van der Waals surface area (Å²) >= 11 is 0. The van der Waals surface area contributed by atoms with Crippen LogP contribution in [0.1, 0.15) is 16.9 Å². The second-order valence-corrected chi connectivity index (χ2v) is 2.16. The summed E-state index contributed by atoms with van der Waals surface area (Å²) in [4.78, 5) is 11.0. The minimum atomic E-state index is 0.139. The first kappa shape index (κ1) is 5.41. The topological polar surface area (TPSA) is 34.4 Å². The van der Waals surface area contributed by atoms with E-state index in [1.807, 2.05) is 6.07 Å². The lowest BCUT2D eigenvalue weighted by molar-refractivity contribution is 0.0990. The maximum absolute atomic E-state index is 11.0. The maximum Gasteiger partial charge on any atom is 0.186 e. The number of fused-ring (bicyclic) bond motifs is 1. The quantitative estimate of drug-likeness (QED) is 0.519. The highest BCUT2D eigenvalue weighted by molar-refractivity contribution is 6.03. The second-order valence-electron chi connectivity index (χ2n) is 2.16. The number of nitrogens with zero attached hydrogens (tertiary/aromatic N) is 2. The third-order valence-corrected chi connectivity index (χ3v) is 1.50. The highest BCUT2D eigenvalue weighted by Gasteiger charge is 2.11. The van der Waals surface area contributed by atoms with Crippen LogP contribution in [-0.2, 0) is 0 Å². The molecule has 0 amide bonds. The normalized spacial score (nSPS) is 15.4. The first-order valence-corrected chi connectivity index (χ1v) is 3.11. The molecule has 0 atom stereocenters. The summed E-state index contributed by atoms with van der Waals surface area (Å²) in [5, 5.41) is 3.97. The predicted octanol–water partition coefficient (Wildman–Crippen LogP) is 0.908. The van der Waals surface area contributed by atoms with Crippen LogP contribution in [0.3, 0.4) is 0 Å². The molecule has 0 saturated carbocycles. The Morgan fingerprint density at radius 1 is 1.60 bits per heavy atom. The van der Waals surface area contributed by atoms with Gasteiger partial charge in [-0.25, -0.2) is 4.68 Å². The zero-order valence-corrected chi connectivity index (χ0v) is 5.32. The highest BCUT2D eigenvalue weighted by Crippen LogP contribution is 2.08. The number of ketones is 1. The number of rotatable bonds is 0. The van der Waals surface area contributed by atoms with Crippen molar-refractivity contribution in [3.05, 3.63) is 24.0 Å². The van der Waals surface area contributed by atoms with Crippen LogP contribution < -0.4 is 0 Å². The molecule has 3 heteroatoms. The Morgan fingerprint density at radius 3 is 3.30 bits per heavy atom. The number of carbonyl (C=O) groups is 1. The third-order valence-electron chi connectivity index (χ3n) is 1.50. The number of hydrogen-bond acceptors (Lipinski definition) is 2. The molecule has 1 aromatic heterocycles. The molecule has 0 saturated heterocycles. The van der Waals surface area contributed by atoms with Gasteiger partial charge in [-0.2, -0.15) is 5.10 Å². The van der Waals surface area contributed by atoms with Gasteiger partial charge in [-0.05, 0) is 12.1 Å². The molecule has 50 valence electrons. The van der Waals surface area contributed by atoms with Crippen LogP contribution in [0, 0.1) is 0 Å². The monoisotopic (exact) mass is 134 g/mol. The summed E-state index contributed by atoms with van der Waals surface area (Å²) in [5.74, 6) is 0.139. The minimum absolute atomic E-state index is 0.139. The standard InChI is InChI=1S/C7H6N2O/c10-7-3-4-8-9-5-1-2-6(7)9/h1-2,4-5H,3H2. The smallest absolute Gasteiger partial charge is 0.186 e. The predicted molar refractivity (Wildman–Crippen MR) is 37.3 cm³/mol. The van der Waals surface area contributed by atoms with Crippen LogP contribution in [-0.4, -0.2) is 16.7 Å². The summed E-state index contributed by atoms with van der Waals surface area (Å²) in [6, 6.07) is 3.59. The zero-order chi connectivity index (χ0) is 6.97. The van der Waals surface area contributed by atoms with Gasteiger partial charge in [0.2, 0.25) is 0 Å². The second kappa shape index (κ2) is 1.80.